The van der Waals surface area contributed by atoms with E-state index in [2.05, 4.69) is 29.2 Å². The number of nitrogens with zero attached hydrogens (tertiary/aromatic N) is 1. The fourth-order valence-electron chi connectivity index (χ4n) is 4.07. The molecule has 3 nitrogen and oxygen atoms in total. The van der Waals surface area contributed by atoms with Crippen molar-refractivity contribution in [2.75, 3.05) is 26.3 Å². The number of morpholine rings is 1. The van der Waals surface area contributed by atoms with Crippen LogP contribution in [0, 0.1) is 0 Å². The van der Waals surface area contributed by atoms with Gasteiger partial charge >= 0.3 is 0 Å². The zero-order chi connectivity index (χ0) is 14.5. The summed E-state index contributed by atoms with van der Waals surface area (Å²) in [5.74, 6) is 0. The molecule has 1 saturated carbocycles. The van der Waals surface area contributed by atoms with Crippen molar-refractivity contribution in [1.29, 1.82) is 0 Å². The molecule has 1 aromatic carbocycles. The number of aliphatic hydroxyl groups is 1. The van der Waals surface area contributed by atoms with Crippen LogP contribution in [0.3, 0.4) is 0 Å². The minimum atomic E-state index is -0.224. The smallest absolute Gasteiger partial charge is 0.0727 e. The van der Waals surface area contributed by atoms with Gasteiger partial charge in [-0.1, -0.05) is 43.2 Å². The summed E-state index contributed by atoms with van der Waals surface area (Å²) in [6, 6.07) is 10.5. The monoisotopic (exact) mass is 289 g/mol. The van der Waals surface area contributed by atoms with Gasteiger partial charge in [0, 0.05) is 18.6 Å². The van der Waals surface area contributed by atoms with Crippen LogP contribution in [0.5, 0.6) is 0 Å². The average molecular weight is 289 g/mol. The molecule has 0 radical (unpaired) electrons. The number of hydrogen-bond donors (Lipinski definition) is 1. The van der Waals surface area contributed by atoms with Gasteiger partial charge in [-0.3, -0.25) is 4.90 Å². The van der Waals surface area contributed by atoms with Crippen LogP contribution in [0.2, 0.25) is 0 Å². The van der Waals surface area contributed by atoms with Gasteiger partial charge in [0.2, 0.25) is 0 Å². The standard InChI is InChI=1S/C18H27NO2/c20-17(9-8-16-6-2-1-3-7-16)18(10-4-5-11-18)19-12-14-21-15-13-19/h1-3,6-7,17,20H,4-5,8-15H2. The Balaban J connectivity index is 1.65. The molecule has 1 atom stereocenters. The lowest BCUT2D eigenvalue weighted by Crippen LogP contribution is -2.58. The highest BCUT2D eigenvalue weighted by atomic mass is 16.5. The van der Waals surface area contributed by atoms with Crippen LogP contribution >= 0.6 is 0 Å². The van der Waals surface area contributed by atoms with Crippen LogP contribution < -0.4 is 0 Å². The van der Waals surface area contributed by atoms with Gasteiger partial charge < -0.3 is 9.84 Å². The van der Waals surface area contributed by atoms with Gasteiger partial charge in [0.15, 0.2) is 0 Å². The lowest BCUT2D eigenvalue weighted by molar-refractivity contribution is -0.0777. The molecule has 1 aromatic rings. The molecule has 2 fully saturated rings. The molecule has 1 aliphatic heterocycles. The molecule has 21 heavy (non-hydrogen) atoms. The van der Waals surface area contributed by atoms with E-state index in [9.17, 15) is 5.11 Å². The maximum Gasteiger partial charge on any atom is 0.0727 e. The molecule has 116 valence electrons. The highest BCUT2D eigenvalue weighted by Gasteiger charge is 2.45. The summed E-state index contributed by atoms with van der Waals surface area (Å²) >= 11 is 0. The third-order valence-electron chi connectivity index (χ3n) is 5.28. The predicted molar refractivity (Wildman–Crippen MR) is 84.4 cm³/mol. The first kappa shape index (κ1) is 15.0. The Morgan fingerprint density at radius 2 is 1.76 bits per heavy atom. The van der Waals surface area contributed by atoms with E-state index in [0.717, 1.165) is 52.0 Å². The summed E-state index contributed by atoms with van der Waals surface area (Å²) in [4.78, 5) is 2.51. The molecule has 3 rings (SSSR count). The van der Waals surface area contributed by atoms with Crippen LogP contribution in [-0.2, 0) is 11.2 Å². The molecule has 3 heteroatoms. The van der Waals surface area contributed by atoms with Gasteiger partial charge in [-0.25, -0.2) is 0 Å². The molecule has 0 amide bonds. The molecule has 1 aliphatic carbocycles. The predicted octanol–water partition coefficient (Wildman–Crippen LogP) is 2.63. The highest BCUT2D eigenvalue weighted by molar-refractivity contribution is 5.15. The largest absolute Gasteiger partial charge is 0.391 e. The van der Waals surface area contributed by atoms with Crippen LogP contribution in [0.1, 0.15) is 37.7 Å². The Kier molecular flexibility index (Phi) is 4.94. The van der Waals surface area contributed by atoms with Crippen LogP contribution in [-0.4, -0.2) is 48.0 Å². The van der Waals surface area contributed by atoms with E-state index in [0.29, 0.717) is 0 Å². The normalized spacial score (nSPS) is 24.0. The minimum absolute atomic E-state index is 0.0125. The maximum atomic E-state index is 10.9. The molecule has 2 aliphatic rings. The van der Waals surface area contributed by atoms with Gasteiger partial charge in [-0.2, -0.15) is 0 Å². The van der Waals surface area contributed by atoms with Gasteiger partial charge in [0.25, 0.3) is 0 Å². The second-order valence-corrected chi connectivity index (χ2v) is 6.45. The minimum Gasteiger partial charge on any atom is -0.391 e. The Labute approximate surface area is 127 Å². The molecule has 1 N–H and O–H groups in total. The quantitative estimate of drug-likeness (QED) is 0.904. The molecule has 1 heterocycles. The van der Waals surface area contributed by atoms with E-state index in [1.165, 1.54) is 18.4 Å². The third kappa shape index (κ3) is 3.31. The highest BCUT2D eigenvalue weighted by Crippen LogP contribution is 2.40. The lowest BCUT2D eigenvalue weighted by Gasteiger charge is -2.46. The molecule has 1 unspecified atom stereocenters. The maximum absolute atomic E-state index is 10.9. The first-order chi connectivity index (χ1) is 10.3. The van der Waals surface area contributed by atoms with E-state index in [-0.39, 0.29) is 11.6 Å². The average Bonchev–Trinajstić information content (AvgIpc) is 3.05. The first-order valence-electron chi connectivity index (χ1n) is 8.36. The molecule has 0 spiro atoms. The Hall–Kier alpha value is -0.900. The van der Waals surface area contributed by atoms with Crippen molar-refractivity contribution in [3.8, 4) is 0 Å². The zero-order valence-corrected chi connectivity index (χ0v) is 12.8. The van der Waals surface area contributed by atoms with Gasteiger partial charge in [-0.15, -0.1) is 0 Å². The number of benzene rings is 1. The zero-order valence-electron chi connectivity index (χ0n) is 12.8. The summed E-state index contributed by atoms with van der Waals surface area (Å²) in [6.07, 6.45) is 6.39. The summed E-state index contributed by atoms with van der Waals surface area (Å²) in [6.45, 7) is 3.57. The Bertz CT molecular complexity index is 422. The number of aryl methyl sites for hydroxylation is 1. The van der Waals surface area contributed by atoms with Crippen molar-refractivity contribution in [1.82, 2.24) is 4.90 Å². The van der Waals surface area contributed by atoms with E-state index < -0.39 is 0 Å². The second kappa shape index (κ2) is 6.91. The van der Waals surface area contributed by atoms with E-state index >= 15 is 0 Å². The fraction of sp³-hybridized carbons (Fsp3) is 0.667. The topological polar surface area (TPSA) is 32.7 Å². The molecular formula is C18H27NO2. The molecule has 1 saturated heterocycles. The van der Waals surface area contributed by atoms with E-state index in [1.54, 1.807) is 0 Å². The SMILES string of the molecule is OC(CCc1ccccc1)C1(N2CCOCC2)CCCC1. The van der Waals surface area contributed by atoms with Gasteiger partial charge in [0.1, 0.15) is 0 Å². The van der Waals surface area contributed by atoms with Gasteiger partial charge in [0.05, 0.1) is 19.3 Å². The van der Waals surface area contributed by atoms with Crippen LogP contribution in [0.4, 0.5) is 0 Å². The Morgan fingerprint density at radius 3 is 2.43 bits per heavy atom. The Morgan fingerprint density at radius 1 is 1.10 bits per heavy atom. The van der Waals surface area contributed by atoms with Crippen molar-refractivity contribution in [2.45, 2.75) is 50.2 Å². The first-order valence-corrected chi connectivity index (χ1v) is 8.36. The number of aliphatic hydroxyl groups excluding tert-OH is 1. The lowest BCUT2D eigenvalue weighted by atomic mass is 9.84. The summed E-state index contributed by atoms with van der Waals surface area (Å²) in [5.41, 5.74) is 1.34. The summed E-state index contributed by atoms with van der Waals surface area (Å²) < 4.78 is 5.49. The molecule has 0 bridgehead atoms. The molecule has 0 aromatic heterocycles. The second-order valence-electron chi connectivity index (χ2n) is 6.45. The number of hydrogen-bond acceptors (Lipinski definition) is 3. The fourth-order valence-corrected chi connectivity index (χ4v) is 4.07. The summed E-state index contributed by atoms with van der Waals surface area (Å²) in [7, 11) is 0. The van der Waals surface area contributed by atoms with Crippen molar-refractivity contribution in [2.24, 2.45) is 0 Å². The molecular weight excluding hydrogens is 262 g/mol. The number of rotatable bonds is 5. The van der Waals surface area contributed by atoms with Crippen molar-refractivity contribution >= 4 is 0 Å². The van der Waals surface area contributed by atoms with Gasteiger partial charge in [-0.05, 0) is 31.2 Å². The van der Waals surface area contributed by atoms with E-state index in [1.807, 2.05) is 6.07 Å². The van der Waals surface area contributed by atoms with Crippen molar-refractivity contribution < 1.29 is 9.84 Å². The number of ether oxygens (including phenoxy) is 1. The summed E-state index contributed by atoms with van der Waals surface area (Å²) in [5, 5.41) is 10.9. The van der Waals surface area contributed by atoms with E-state index in [4.69, 9.17) is 4.74 Å². The van der Waals surface area contributed by atoms with Crippen LogP contribution in [0.15, 0.2) is 30.3 Å². The third-order valence-corrected chi connectivity index (χ3v) is 5.28. The van der Waals surface area contributed by atoms with Crippen molar-refractivity contribution in [3.63, 3.8) is 0 Å². The van der Waals surface area contributed by atoms with Crippen LogP contribution in [0.25, 0.3) is 0 Å². The van der Waals surface area contributed by atoms with Crippen molar-refractivity contribution in [3.05, 3.63) is 35.9 Å².